The molecule has 0 N–H and O–H groups in total. The van der Waals surface area contributed by atoms with E-state index < -0.39 is 0 Å². The Bertz CT molecular complexity index is 207. The van der Waals surface area contributed by atoms with Gasteiger partial charge in [-0.3, -0.25) is 0 Å². The summed E-state index contributed by atoms with van der Waals surface area (Å²) in [5, 5.41) is 1.21. The van der Waals surface area contributed by atoms with Gasteiger partial charge in [-0.2, -0.15) is 0 Å². The predicted molar refractivity (Wildman–Crippen MR) is 69.5 cm³/mol. The van der Waals surface area contributed by atoms with Gasteiger partial charge in [-0.25, -0.2) is 0 Å². The van der Waals surface area contributed by atoms with Gasteiger partial charge in [0.25, 0.3) is 0 Å². The number of hydrogen-bond acceptors (Lipinski definition) is 1. The second-order valence-corrected chi connectivity index (χ2v) is 6.50. The van der Waals surface area contributed by atoms with Gasteiger partial charge in [-0.15, -0.1) is 0 Å². The molecule has 1 nitrogen and oxygen atoms in total. The highest BCUT2D eigenvalue weighted by molar-refractivity contribution is 9.09. The van der Waals surface area contributed by atoms with Gasteiger partial charge in [0.2, 0.25) is 0 Å². The van der Waals surface area contributed by atoms with E-state index >= 15 is 0 Å². The molecule has 0 radical (unpaired) electrons. The molecule has 1 saturated carbocycles. The van der Waals surface area contributed by atoms with Crippen LogP contribution in [0.1, 0.15) is 46.0 Å². The van der Waals surface area contributed by atoms with Crippen molar-refractivity contribution in [3.63, 3.8) is 0 Å². The number of nitrogens with zero attached hydrogens (tertiary/aromatic N) is 1. The summed E-state index contributed by atoms with van der Waals surface area (Å²) in [6.07, 6.45) is 7.14. The molecule has 1 heterocycles. The second kappa shape index (κ2) is 4.75. The lowest BCUT2D eigenvalue weighted by Crippen LogP contribution is -2.49. The summed E-state index contributed by atoms with van der Waals surface area (Å²) in [7, 11) is 0. The van der Waals surface area contributed by atoms with Crippen LogP contribution in [0.3, 0.4) is 0 Å². The maximum absolute atomic E-state index is 3.72. The van der Waals surface area contributed by atoms with Crippen molar-refractivity contribution >= 4 is 15.9 Å². The molecule has 0 amide bonds. The van der Waals surface area contributed by atoms with Crippen molar-refractivity contribution in [2.45, 2.75) is 52.0 Å². The molecular formula is C13H24BrN. The molecule has 15 heavy (non-hydrogen) atoms. The summed E-state index contributed by atoms with van der Waals surface area (Å²) in [6.45, 7) is 7.48. The fourth-order valence-electron chi connectivity index (χ4n) is 3.13. The van der Waals surface area contributed by atoms with E-state index in [4.69, 9.17) is 0 Å². The van der Waals surface area contributed by atoms with Crippen LogP contribution in [0.4, 0.5) is 0 Å². The molecule has 2 heteroatoms. The maximum atomic E-state index is 3.72. The molecule has 0 aromatic rings. The second-order valence-electron chi connectivity index (χ2n) is 5.94. The van der Waals surface area contributed by atoms with E-state index in [-0.39, 0.29) is 0 Å². The number of alkyl halides is 1. The summed E-state index contributed by atoms with van der Waals surface area (Å²) in [6, 6.07) is 0.810. The van der Waals surface area contributed by atoms with Crippen molar-refractivity contribution in [1.29, 1.82) is 0 Å². The molecule has 0 bridgehead atoms. The zero-order valence-electron chi connectivity index (χ0n) is 10.1. The predicted octanol–water partition coefficient (Wildman–Crippen LogP) is 3.67. The van der Waals surface area contributed by atoms with Gasteiger partial charge in [0, 0.05) is 17.9 Å². The minimum absolute atomic E-state index is 0.634. The van der Waals surface area contributed by atoms with Crippen molar-refractivity contribution in [2.24, 2.45) is 11.3 Å². The third-order valence-corrected chi connectivity index (χ3v) is 5.70. The van der Waals surface area contributed by atoms with E-state index in [0.717, 1.165) is 12.0 Å². The number of rotatable bonds is 3. The number of piperidine rings is 1. The van der Waals surface area contributed by atoms with Crippen LogP contribution in [-0.2, 0) is 0 Å². The van der Waals surface area contributed by atoms with Gasteiger partial charge >= 0.3 is 0 Å². The van der Waals surface area contributed by atoms with E-state index in [9.17, 15) is 0 Å². The minimum atomic E-state index is 0.634. The molecule has 1 saturated heterocycles. The van der Waals surface area contributed by atoms with Gasteiger partial charge in [0.15, 0.2) is 0 Å². The van der Waals surface area contributed by atoms with Gasteiger partial charge in [0.1, 0.15) is 0 Å². The monoisotopic (exact) mass is 273 g/mol. The molecule has 1 aliphatic carbocycles. The van der Waals surface area contributed by atoms with Crippen LogP contribution in [-0.4, -0.2) is 29.4 Å². The van der Waals surface area contributed by atoms with E-state index in [1.165, 1.54) is 50.5 Å². The van der Waals surface area contributed by atoms with Crippen LogP contribution in [0.2, 0.25) is 0 Å². The molecule has 0 spiro atoms. The van der Waals surface area contributed by atoms with Crippen LogP contribution in [0.15, 0.2) is 0 Å². The van der Waals surface area contributed by atoms with Gasteiger partial charge in [-0.05, 0) is 50.5 Å². The van der Waals surface area contributed by atoms with Crippen molar-refractivity contribution in [1.82, 2.24) is 4.90 Å². The first kappa shape index (κ1) is 11.9. The van der Waals surface area contributed by atoms with Crippen molar-refractivity contribution < 1.29 is 0 Å². The van der Waals surface area contributed by atoms with E-state index in [2.05, 4.69) is 34.7 Å². The van der Waals surface area contributed by atoms with Gasteiger partial charge in [-0.1, -0.05) is 29.3 Å². The molecule has 2 rings (SSSR count). The van der Waals surface area contributed by atoms with Gasteiger partial charge in [0.05, 0.1) is 0 Å². The standard InChI is InChI=1S/C13H24BrN/c1-11-4-7-15(12(2)8-11)10-13(9-14)5-3-6-13/h11-12H,3-10H2,1-2H3. The maximum Gasteiger partial charge on any atom is 0.0100 e. The first-order chi connectivity index (χ1) is 7.15. The van der Waals surface area contributed by atoms with Crippen LogP contribution in [0.5, 0.6) is 0 Å². The lowest BCUT2D eigenvalue weighted by molar-refractivity contribution is 0.0405. The summed E-state index contributed by atoms with van der Waals surface area (Å²) < 4.78 is 0. The Kier molecular flexibility index (Phi) is 3.77. The largest absolute Gasteiger partial charge is 0.300 e. The van der Waals surface area contributed by atoms with E-state index in [1.54, 1.807) is 0 Å². The molecule has 88 valence electrons. The highest BCUT2D eigenvalue weighted by atomic mass is 79.9. The van der Waals surface area contributed by atoms with Crippen LogP contribution < -0.4 is 0 Å². The fraction of sp³-hybridized carbons (Fsp3) is 1.00. The zero-order chi connectivity index (χ0) is 10.9. The smallest absolute Gasteiger partial charge is 0.0100 e. The molecule has 2 aliphatic rings. The summed E-state index contributed by atoms with van der Waals surface area (Å²) in [4.78, 5) is 2.74. The van der Waals surface area contributed by atoms with E-state index in [1.807, 2.05) is 0 Å². The van der Waals surface area contributed by atoms with Crippen LogP contribution in [0, 0.1) is 11.3 Å². The van der Waals surface area contributed by atoms with Crippen molar-refractivity contribution in [3.8, 4) is 0 Å². The van der Waals surface area contributed by atoms with Crippen LogP contribution >= 0.6 is 15.9 Å². The Hall–Kier alpha value is 0.440. The van der Waals surface area contributed by atoms with Crippen molar-refractivity contribution in [3.05, 3.63) is 0 Å². The molecule has 2 atom stereocenters. The number of likely N-dealkylation sites (tertiary alicyclic amines) is 1. The van der Waals surface area contributed by atoms with Crippen LogP contribution in [0.25, 0.3) is 0 Å². The average molecular weight is 274 g/mol. The summed E-state index contributed by atoms with van der Waals surface area (Å²) in [5.74, 6) is 0.942. The highest BCUT2D eigenvalue weighted by Crippen LogP contribution is 2.44. The minimum Gasteiger partial charge on any atom is -0.300 e. The topological polar surface area (TPSA) is 3.24 Å². The van der Waals surface area contributed by atoms with Crippen molar-refractivity contribution in [2.75, 3.05) is 18.4 Å². The molecule has 0 aromatic heterocycles. The quantitative estimate of drug-likeness (QED) is 0.710. The zero-order valence-corrected chi connectivity index (χ0v) is 11.7. The number of hydrogen-bond donors (Lipinski definition) is 0. The van der Waals surface area contributed by atoms with Gasteiger partial charge < -0.3 is 4.90 Å². The fourth-order valence-corrected chi connectivity index (χ4v) is 3.87. The molecule has 1 aliphatic heterocycles. The van der Waals surface area contributed by atoms with E-state index in [0.29, 0.717) is 5.41 Å². The third-order valence-electron chi connectivity index (χ3n) is 4.51. The number of halogens is 1. The molecule has 0 aromatic carbocycles. The summed E-state index contributed by atoms with van der Waals surface area (Å²) in [5.41, 5.74) is 0.634. The molecule has 2 unspecified atom stereocenters. The molecular weight excluding hydrogens is 250 g/mol. The average Bonchev–Trinajstić information content (AvgIpc) is 2.14. The molecule has 2 fully saturated rings. The first-order valence-corrected chi connectivity index (χ1v) is 7.57. The highest BCUT2D eigenvalue weighted by Gasteiger charge is 2.39. The first-order valence-electron chi connectivity index (χ1n) is 6.45. The Morgan fingerprint density at radius 2 is 2.07 bits per heavy atom. The Balaban J connectivity index is 1.88. The Morgan fingerprint density at radius 1 is 1.33 bits per heavy atom. The normalized spacial score (nSPS) is 36.2. The third kappa shape index (κ3) is 2.58. The lowest BCUT2D eigenvalue weighted by Gasteiger charge is -2.47. The SMILES string of the molecule is CC1CCN(CC2(CBr)CCC2)C(C)C1. The Labute approximate surface area is 103 Å². The Morgan fingerprint density at radius 3 is 2.53 bits per heavy atom. The lowest BCUT2D eigenvalue weighted by atomic mass is 9.69. The summed E-state index contributed by atoms with van der Waals surface area (Å²) >= 11 is 3.72.